The van der Waals surface area contributed by atoms with Gasteiger partial charge in [-0.3, -0.25) is 9.69 Å². The van der Waals surface area contributed by atoms with Crippen molar-refractivity contribution in [3.63, 3.8) is 0 Å². The van der Waals surface area contributed by atoms with Gasteiger partial charge in [0, 0.05) is 29.6 Å². The van der Waals surface area contributed by atoms with Crippen molar-refractivity contribution < 1.29 is 32.2 Å². The Labute approximate surface area is 221 Å². The average molecular weight is 533 g/mol. The van der Waals surface area contributed by atoms with Crippen LogP contribution in [0.2, 0.25) is 0 Å². The molecule has 2 aromatic carbocycles. The third-order valence-corrected chi connectivity index (χ3v) is 7.46. The minimum Gasteiger partial charge on any atom is -0.493 e. The summed E-state index contributed by atoms with van der Waals surface area (Å²) in [6.45, 7) is 8.74. The maximum Gasteiger partial charge on any atom is 0.491 e. The first-order chi connectivity index (χ1) is 18.0. The zero-order valence-corrected chi connectivity index (χ0v) is 22.1. The van der Waals surface area contributed by atoms with Gasteiger partial charge in [0.1, 0.15) is 5.75 Å². The summed E-state index contributed by atoms with van der Waals surface area (Å²) in [5.41, 5.74) is 1.64. The summed E-state index contributed by atoms with van der Waals surface area (Å²) in [6.07, 6.45) is -4.91. The van der Waals surface area contributed by atoms with E-state index in [2.05, 4.69) is 18.7 Å². The van der Waals surface area contributed by atoms with Crippen molar-refractivity contribution in [3.8, 4) is 5.75 Å². The van der Waals surface area contributed by atoms with Crippen molar-refractivity contribution in [3.05, 3.63) is 65.2 Å². The van der Waals surface area contributed by atoms with E-state index in [9.17, 15) is 22.8 Å². The van der Waals surface area contributed by atoms with Crippen LogP contribution in [0, 0.1) is 18.3 Å². The van der Waals surface area contributed by atoms with Crippen molar-refractivity contribution in [2.24, 2.45) is 11.3 Å². The molecule has 6 nitrogen and oxygen atoms in total. The molecule has 206 valence electrons. The molecule has 0 radical (unpaired) electrons. The van der Waals surface area contributed by atoms with E-state index in [1.54, 1.807) is 24.3 Å². The number of halogens is 3. The lowest BCUT2D eigenvalue weighted by Gasteiger charge is -2.43. The molecule has 0 aliphatic carbocycles. The molecule has 2 aliphatic heterocycles. The average Bonchev–Trinajstić information content (AvgIpc) is 3.21. The van der Waals surface area contributed by atoms with Gasteiger partial charge >= 0.3 is 12.1 Å². The monoisotopic (exact) mass is 532 g/mol. The Balaban J connectivity index is 1.50. The number of rotatable bonds is 7. The lowest BCUT2D eigenvalue weighted by atomic mass is 9.76. The number of esters is 1. The number of carbonyl (C=O) groups excluding carboxylic acids is 2. The molecule has 0 N–H and O–H groups in total. The van der Waals surface area contributed by atoms with Crippen molar-refractivity contribution in [2.45, 2.75) is 59.0 Å². The Morgan fingerprint density at radius 1 is 1.00 bits per heavy atom. The summed E-state index contributed by atoms with van der Waals surface area (Å²) >= 11 is 0. The number of para-hydroxylation sites is 1. The third kappa shape index (κ3) is 6.31. The van der Waals surface area contributed by atoms with Gasteiger partial charge in [-0.05, 0) is 63.4 Å². The first kappa shape index (κ1) is 28.0. The quantitative estimate of drug-likeness (QED) is 0.435. The van der Waals surface area contributed by atoms with E-state index in [4.69, 9.17) is 9.47 Å². The van der Waals surface area contributed by atoms with E-state index in [1.165, 1.54) is 4.90 Å². The van der Waals surface area contributed by atoms with Crippen LogP contribution in [0.4, 0.5) is 13.2 Å². The molecular formula is C29H35F3N2O4. The zero-order valence-electron chi connectivity index (χ0n) is 22.1. The number of hydrogen-bond acceptors (Lipinski definition) is 5. The first-order valence-electron chi connectivity index (χ1n) is 13.1. The maximum atomic E-state index is 13.3. The Kier molecular flexibility index (Phi) is 8.35. The van der Waals surface area contributed by atoms with Gasteiger partial charge in [-0.1, -0.05) is 49.7 Å². The van der Waals surface area contributed by atoms with Crippen LogP contribution in [0.15, 0.2) is 48.5 Å². The van der Waals surface area contributed by atoms with Gasteiger partial charge in [0.2, 0.25) is 0 Å². The van der Waals surface area contributed by atoms with Crippen molar-refractivity contribution in [1.82, 2.24) is 9.80 Å². The molecule has 1 amide bonds. The van der Waals surface area contributed by atoms with Gasteiger partial charge in [-0.25, -0.2) is 4.79 Å². The van der Waals surface area contributed by atoms with E-state index in [-0.39, 0.29) is 6.54 Å². The summed E-state index contributed by atoms with van der Waals surface area (Å²) in [5, 5.41) is 0. The molecule has 1 unspecified atom stereocenters. The number of amides is 1. The second-order valence-electron chi connectivity index (χ2n) is 10.8. The maximum absolute atomic E-state index is 13.3. The topological polar surface area (TPSA) is 59.1 Å². The van der Waals surface area contributed by atoms with Gasteiger partial charge in [0.15, 0.2) is 6.23 Å². The first-order valence-corrected chi connectivity index (χ1v) is 13.1. The number of alkyl halides is 3. The van der Waals surface area contributed by atoms with Crippen LogP contribution in [0.1, 0.15) is 54.6 Å². The predicted octanol–water partition coefficient (Wildman–Crippen LogP) is 5.59. The number of benzene rings is 2. The SMILES string of the molecule is Cc1ccc(C(=O)N2CCC3(CCN(Cc4ccccc4OCC(C)C)CC3)C2OC(=O)C(F)(F)F)cc1. The summed E-state index contributed by atoms with van der Waals surface area (Å²) in [5.74, 6) is -1.47. The molecule has 38 heavy (non-hydrogen) atoms. The van der Waals surface area contributed by atoms with E-state index in [0.717, 1.165) is 16.9 Å². The highest BCUT2D eigenvalue weighted by Crippen LogP contribution is 2.47. The second-order valence-corrected chi connectivity index (χ2v) is 10.8. The molecule has 2 saturated heterocycles. The Morgan fingerprint density at radius 3 is 2.26 bits per heavy atom. The fourth-order valence-electron chi connectivity index (χ4n) is 5.27. The van der Waals surface area contributed by atoms with E-state index < -0.39 is 29.7 Å². The molecule has 9 heteroatoms. The molecule has 2 aliphatic rings. The normalized spacial score (nSPS) is 19.7. The summed E-state index contributed by atoms with van der Waals surface area (Å²) in [7, 11) is 0. The Bertz CT molecular complexity index is 1130. The molecule has 0 bridgehead atoms. The number of nitrogens with zero attached hydrogens (tertiary/aromatic N) is 2. The molecule has 1 spiro atoms. The van der Waals surface area contributed by atoms with Gasteiger partial charge in [-0.15, -0.1) is 0 Å². The Morgan fingerprint density at radius 2 is 1.63 bits per heavy atom. The lowest BCUT2D eigenvalue weighted by Crippen LogP contribution is -2.51. The standard InChI is InChI=1S/C29H35F3N2O4/c1-20(2)19-37-24-7-5-4-6-23(24)18-33-15-12-28(13-16-33)14-17-34(26(28)38-27(36)29(30,31)32)25(35)22-10-8-21(3)9-11-22/h4-11,20,26H,12-19H2,1-3H3. The molecule has 1 atom stereocenters. The third-order valence-electron chi connectivity index (χ3n) is 7.46. The minimum atomic E-state index is -5.14. The minimum absolute atomic E-state index is 0.231. The number of aryl methyl sites for hydroxylation is 1. The lowest BCUT2D eigenvalue weighted by molar-refractivity contribution is -0.217. The van der Waals surface area contributed by atoms with Crippen LogP contribution in [0.25, 0.3) is 0 Å². The van der Waals surface area contributed by atoms with Gasteiger partial charge in [-0.2, -0.15) is 13.2 Å². The van der Waals surface area contributed by atoms with Crippen molar-refractivity contribution >= 4 is 11.9 Å². The van der Waals surface area contributed by atoms with E-state index in [0.29, 0.717) is 57.0 Å². The molecule has 0 aromatic heterocycles. The molecule has 4 rings (SSSR count). The fourth-order valence-corrected chi connectivity index (χ4v) is 5.27. The Hall–Kier alpha value is -3.07. The zero-order chi connectivity index (χ0) is 27.5. The summed E-state index contributed by atoms with van der Waals surface area (Å²) in [4.78, 5) is 28.8. The van der Waals surface area contributed by atoms with Crippen LogP contribution in [0.5, 0.6) is 5.75 Å². The largest absolute Gasteiger partial charge is 0.493 e. The molecule has 2 fully saturated rings. The summed E-state index contributed by atoms with van der Waals surface area (Å²) < 4.78 is 50.7. The van der Waals surface area contributed by atoms with Crippen LogP contribution < -0.4 is 4.74 Å². The van der Waals surface area contributed by atoms with E-state index >= 15 is 0 Å². The van der Waals surface area contributed by atoms with Gasteiger partial charge in [0.25, 0.3) is 5.91 Å². The number of carbonyl (C=O) groups is 2. The smallest absolute Gasteiger partial charge is 0.491 e. The molecular weight excluding hydrogens is 497 g/mol. The van der Waals surface area contributed by atoms with Gasteiger partial charge in [0.05, 0.1) is 6.61 Å². The molecule has 0 saturated carbocycles. The highest BCUT2D eigenvalue weighted by molar-refractivity contribution is 5.94. The number of ether oxygens (including phenoxy) is 2. The highest BCUT2D eigenvalue weighted by Gasteiger charge is 2.55. The predicted molar refractivity (Wildman–Crippen MR) is 136 cm³/mol. The highest BCUT2D eigenvalue weighted by atomic mass is 19.4. The van der Waals surface area contributed by atoms with Crippen molar-refractivity contribution in [1.29, 1.82) is 0 Å². The molecule has 2 aromatic rings. The van der Waals surface area contributed by atoms with Crippen LogP contribution in [0.3, 0.4) is 0 Å². The van der Waals surface area contributed by atoms with Crippen LogP contribution >= 0.6 is 0 Å². The fraction of sp³-hybridized carbons (Fsp3) is 0.517. The number of likely N-dealkylation sites (tertiary alicyclic amines) is 2. The van der Waals surface area contributed by atoms with Crippen LogP contribution in [-0.4, -0.2) is 60.3 Å². The summed E-state index contributed by atoms with van der Waals surface area (Å²) in [6, 6.07) is 14.7. The van der Waals surface area contributed by atoms with Gasteiger partial charge < -0.3 is 14.4 Å². The number of hydrogen-bond donors (Lipinski definition) is 0. The second kappa shape index (κ2) is 11.4. The van der Waals surface area contributed by atoms with E-state index in [1.807, 2.05) is 31.2 Å². The number of piperidine rings is 1. The van der Waals surface area contributed by atoms with Crippen LogP contribution in [-0.2, 0) is 16.1 Å². The van der Waals surface area contributed by atoms with Crippen molar-refractivity contribution in [2.75, 3.05) is 26.2 Å². The molecule has 2 heterocycles.